The van der Waals surface area contributed by atoms with E-state index >= 15 is 0 Å². The summed E-state index contributed by atoms with van der Waals surface area (Å²) in [4.78, 5) is 29.4. The van der Waals surface area contributed by atoms with Crippen LogP contribution < -0.4 is 5.32 Å². The van der Waals surface area contributed by atoms with Crippen LogP contribution in [0.4, 0.5) is 0 Å². The highest BCUT2D eigenvalue weighted by molar-refractivity contribution is 6.05. The van der Waals surface area contributed by atoms with Crippen LogP contribution >= 0.6 is 0 Å². The van der Waals surface area contributed by atoms with E-state index in [1.54, 1.807) is 0 Å². The first kappa shape index (κ1) is 15.7. The molecule has 0 bridgehead atoms. The first-order valence-corrected chi connectivity index (χ1v) is 7.64. The minimum Gasteiger partial charge on any atom is -0.352 e. The molecule has 4 nitrogen and oxygen atoms in total. The summed E-state index contributed by atoms with van der Waals surface area (Å²) in [5.41, 5.74) is 3.68. The largest absolute Gasteiger partial charge is 0.352 e. The number of hydrogen-bond acceptors (Lipinski definition) is 3. The SMILES string of the molecule is CCNC(=O)c1c(C)nc2c(c1CC)C(=O)CC(C)(C)C2. The van der Waals surface area contributed by atoms with Crippen molar-refractivity contribution in [2.24, 2.45) is 5.41 Å². The number of carbonyl (C=O) groups is 2. The predicted octanol–water partition coefficient (Wildman–Crippen LogP) is 2.86. The Labute approximate surface area is 126 Å². The third kappa shape index (κ3) is 2.85. The number of carbonyl (C=O) groups excluding carboxylic acids is 2. The van der Waals surface area contributed by atoms with E-state index in [0.717, 1.165) is 23.4 Å². The average molecular weight is 288 g/mol. The molecule has 0 radical (unpaired) electrons. The number of Topliss-reactive ketones (excluding diaryl/α,β-unsaturated/α-hetero) is 1. The van der Waals surface area contributed by atoms with Crippen LogP contribution in [0.25, 0.3) is 0 Å². The Balaban J connectivity index is 2.65. The Morgan fingerprint density at radius 1 is 1.29 bits per heavy atom. The van der Waals surface area contributed by atoms with Gasteiger partial charge in [-0.2, -0.15) is 0 Å². The van der Waals surface area contributed by atoms with E-state index in [9.17, 15) is 9.59 Å². The summed E-state index contributed by atoms with van der Waals surface area (Å²) < 4.78 is 0. The molecule has 21 heavy (non-hydrogen) atoms. The molecule has 1 heterocycles. The molecule has 1 aromatic heterocycles. The van der Waals surface area contributed by atoms with Crippen LogP contribution in [0.15, 0.2) is 0 Å². The molecular weight excluding hydrogens is 264 g/mol. The van der Waals surface area contributed by atoms with Gasteiger partial charge >= 0.3 is 0 Å². The van der Waals surface area contributed by atoms with E-state index in [4.69, 9.17) is 0 Å². The maximum absolute atomic E-state index is 12.6. The van der Waals surface area contributed by atoms with Gasteiger partial charge in [-0.05, 0) is 37.7 Å². The average Bonchev–Trinajstić information content (AvgIpc) is 2.35. The number of amides is 1. The number of fused-ring (bicyclic) bond motifs is 1. The summed E-state index contributed by atoms with van der Waals surface area (Å²) >= 11 is 0. The van der Waals surface area contributed by atoms with Gasteiger partial charge < -0.3 is 5.32 Å². The van der Waals surface area contributed by atoms with Gasteiger partial charge in [-0.3, -0.25) is 14.6 Å². The number of aromatic nitrogens is 1. The van der Waals surface area contributed by atoms with Gasteiger partial charge in [-0.25, -0.2) is 0 Å². The zero-order chi connectivity index (χ0) is 15.8. The predicted molar refractivity (Wildman–Crippen MR) is 82.8 cm³/mol. The molecule has 0 aromatic carbocycles. The van der Waals surface area contributed by atoms with Crippen molar-refractivity contribution in [3.05, 3.63) is 28.1 Å². The van der Waals surface area contributed by atoms with Gasteiger partial charge in [0.05, 0.1) is 17.0 Å². The summed E-state index contributed by atoms with van der Waals surface area (Å²) in [5, 5.41) is 2.83. The Morgan fingerprint density at radius 2 is 1.95 bits per heavy atom. The van der Waals surface area contributed by atoms with Crippen LogP contribution in [0.3, 0.4) is 0 Å². The molecule has 4 heteroatoms. The van der Waals surface area contributed by atoms with Gasteiger partial charge in [0.1, 0.15) is 0 Å². The molecule has 0 spiro atoms. The third-order valence-electron chi connectivity index (χ3n) is 4.04. The smallest absolute Gasteiger partial charge is 0.253 e. The molecule has 0 unspecified atom stereocenters. The quantitative estimate of drug-likeness (QED) is 0.930. The van der Waals surface area contributed by atoms with E-state index in [1.165, 1.54) is 0 Å². The standard InChI is InChI=1S/C17H24N2O2/c1-6-11-14(16(21)18-7-2)10(3)19-12-8-17(4,5)9-13(20)15(11)12/h6-9H2,1-5H3,(H,18,21). The Hall–Kier alpha value is -1.71. The first-order valence-electron chi connectivity index (χ1n) is 7.64. The Morgan fingerprint density at radius 3 is 2.52 bits per heavy atom. The molecule has 0 saturated carbocycles. The second-order valence-corrected chi connectivity index (χ2v) is 6.53. The number of hydrogen-bond donors (Lipinski definition) is 1. The molecule has 1 aliphatic rings. The third-order valence-corrected chi connectivity index (χ3v) is 4.04. The first-order chi connectivity index (χ1) is 9.80. The highest BCUT2D eigenvalue weighted by Crippen LogP contribution is 2.36. The lowest BCUT2D eigenvalue weighted by molar-refractivity contribution is 0.0909. The summed E-state index contributed by atoms with van der Waals surface area (Å²) in [7, 11) is 0. The van der Waals surface area contributed by atoms with E-state index < -0.39 is 0 Å². The van der Waals surface area contributed by atoms with E-state index in [0.29, 0.717) is 30.5 Å². The molecule has 2 rings (SSSR count). The molecule has 0 fully saturated rings. The van der Waals surface area contributed by atoms with Gasteiger partial charge in [-0.1, -0.05) is 20.8 Å². The number of aryl methyl sites for hydroxylation is 1. The second kappa shape index (κ2) is 5.58. The molecule has 1 aliphatic carbocycles. The lowest BCUT2D eigenvalue weighted by Crippen LogP contribution is -2.32. The molecule has 0 atom stereocenters. The lowest BCUT2D eigenvalue weighted by atomic mass is 9.73. The number of nitrogens with zero attached hydrogens (tertiary/aromatic N) is 1. The molecule has 1 amide bonds. The number of ketones is 1. The van der Waals surface area contributed by atoms with Crippen molar-refractivity contribution < 1.29 is 9.59 Å². The van der Waals surface area contributed by atoms with Crippen LogP contribution in [0, 0.1) is 12.3 Å². The number of nitrogens with one attached hydrogen (secondary N) is 1. The lowest BCUT2D eigenvalue weighted by Gasteiger charge is -2.31. The van der Waals surface area contributed by atoms with Crippen molar-refractivity contribution in [2.75, 3.05) is 6.54 Å². The van der Waals surface area contributed by atoms with Crippen LogP contribution in [0.1, 0.15) is 71.8 Å². The zero-order valence-electron chi connectivity index (χ0n) is 13.6. The van der Waals surface area contributed by atoms with Crippen LogP contribution in [0.5, 0.6) is 0 Å². The summed E-state index contributed by atoms with van der Waals surface area (Å²) in [5.74, 6) is -0.00377. The highest BCUT2D eigenvalue weighted by Gasteiger charge is 2.35. The van der Waals surface area contributed by atoms with Crippen LogP contribution in [0.2, 0.25) is 0 Å². The fraction of sp³-hybridized carbons (Fsp3) is 0.588. The van der Waals surface area contributed by atoms with Crippen molar-refractivity contribution in [1.82, 2.24) is 10.3 Å². The summed E-state index contributed by atoms with van der Waals surface area (Å²) in [6.07, 6.45) is 1.98. The van der Waals surface area contributed by atoms with Gasteiger partial charge in [0.2, 0.25) is 0 Å². The molecule has 0 aliphatic heterocycles. The van der Waals surface area contributed by atoms with Gasteiger partial charge in [0, 0.05) is 18.5 Å². The van der Waals surface area contributed by atoms with E-state index in [-0.39, 0.29) is 17.1 Å². The molecule has 1 aromatic rings. The van der Waals surface area contributed by atoms with E-state index in [1.807, 2.05) is 20.8 Å². The van der Waals surface area contributed by atoms with Crippen molar-refractivity contribution >= 4 is 11.7 Å². The Kier molecular flexibility index (Phi) is 4.17. The minimum absolute atomic E-state index is 0.0538. The normalized spacial score (nSPS) is 16.5. The fourth-order valence-electron chi connectivity index (χ4n) is 3.23. The van der Waals surface area contributed by atoms with E-state index in [2.05, 4.69) is 24.1 Å². The topological polar surface area (TPSA) is 59.1 Å². The van der Waals surface area contributed by atoms with Gasteiger partial charge in [-0.15, -0.1) is 0 Å². The zero-order valence-corrected chi connectivity index (χ0v) is 13.6. The van der Waals surface area contributed by atoms with Crippen molar-refractivity contribution in [3.8, 4) is 0 Å². The second-order valence-electron chi connectivity index (χ2n) is 6.53. The monoisotopic (exact) mass is 288 g/mol. The maximum atomic E-state index is 12.6. The van der Waals surface area contributed by atoms with Crippen molar-refractivity contribution in [2.45, 2.75) is 53.9 Å². The molecular formula is C17H24N2O2. The maximum Gasteiger partial charge on any atom is 0.253 e. The van der Waals surface area contributed by atoms with Crippen LogP contribution in [-0.4, -0.2) is 23.2 Å². The number of rotatable bonds is 3. The molecule has 114 valence electrons. The van der Waals surface area contributed by atoms with Gasteiger partial charge in [0.25, 0.3) is 5.91 Å². The molecule has 0 saturated heterocycles. The minimum atomic E-state index is -0.125. The number of pyridine rings is 1. The van der Waals surface area contributed by atoms with Crippen molar-refractivity contribution in [3.63, 3.8) is 0 Å². The summed E-state index contributed by atoms with van der Waals surface area (Å²) in [6, 6.07) is 0. The van der Waals surface area contributed by atoms with Crippen molar-refractivity contribution in [1.29, 1.82) is 0 Å². The fourth-order valence-corrected chi connectivity index (χ4v) is 3.23. The highest BCUT2D eigenvalue weighted by atomic mass is 16.1. The molecule has 1 N–H and O–H groups in total. The summed E-state index contributed by atoms with van der Waals surface area (Å²) in [6.45, 7) is 10.5. The Bertz CT molecular complexity index is 603. The van der Waals surface area contributed by atoms with Gasteiger partial charge in [0.15, 0.2) is 5.78 Å². The van der Waals surface area contributed by atoms with Crippen LogP contribution in [-0.2, 0) is 12.8 Å².